The van der Waals surface area contributed by atoms with Gasteiger partial charge in [-0.2, -0.15) is 5.26 Å². The summed E-state index contributed by atoms with van der Waals surface area (Å²) >= 11 is 1.38. The minimum atomic E-state index is -0.0231. The highest BCUT2D eigenvalue weighted by Gasteiger charge is 2.40. The third-order valence-electron chi connectivity index (χ3n) is 5.51. The van der Waals surface area contributed by atoms with Gasteiger partial charge >= 0.3 is 0 Å². The molecule has 26 heavy (non-hydrogen) atoms. The predicted molar refractivity (Wildman–Crippen MR) is 101 cm³/mol. The molecule has 2 atom stereocenters. The zero-order valence-electron chi connectivity index (χ0n) is 14.6. The number of hydrogen-bond donors (Lipinski definition) is 1. The summed E-state index contributed by atoms with van der Waals surface area (Å²) in [5.74, 6) is 1.23. The van der Waals surface area contributed by atoms with Gasteiger partial charge in [0, 0.05) is 29.1 Å². The lowest BCUT2D eigenvalue weighted by Gasteiger charge is -2.49. The highest BCUT2D eigenvalue weighted by Crippen LogP contribution is 2.32. The lowest BCUT2D eigenvalue weighted by molar-refractivity contribution is 0.0217. The van der Waals surface area contributed by atoms with Crippen LogP contribution in [-0.2, 0) is 0 Å². The second kappa shape index (κ2) is 7.10. The standard InChI is InChI=1S/C20H21N3O2S/c1-13-19(15-6-8-23(13)9-7-15)22-20(24)16-2-4-17(5-3-16)25-18-10-14(11-21)12-26-18/h2-5,10,12-13,15,19H,6-9H2,1H3,(H,22,24). The molecule has 1 aromatic heterocycles. The summed E-state index contributed by atoms with van der Waals surface area (Å²) in [4.78, 5) is 15.1. The molecular weight excluding hydrogens is 346 g/mol. The van der Waals surface area contributed by atoms with Crippen LogP contribution >= 0.6 is 11.3 Å². The number of thiophene rings is 1. The van der Waals surface area contributed by atoms with Crippen molar-refractivity contribution in [2.45, 2.75) is 31.8 Å². The largest absolute Gasteiger partial charge is 0.447 e. The van der Waals surface area contributed by atoms with Crippen LogP contribution in [-0.4, -0.2) is 36.0 Å². The smallest absolute Gasteiger partial charge is 0.251 e. The number of amides is 1. The molecule has 4 heterocycles. The molecule has 2 bridgehead atoms. The van der Waals surface area contributed by atoms with Crippen molar-refractivity contribution >= 4 is 17.2 Å². The third kappa shape index (κ3) is 3.33. The first-order chi connectivity index (χ1) is 12.6. The molecule has 1 N–H and O–H groups in total. The van der Waals surface area contributed by atoms with E-state index in [4.69, 9.17) is 10.00 Å². The minimum Gasteiger partial charge on any atom is -0.447 e. The average molecular weight is 367 g/mol. The molecule has 2 unspecified atom stereocenters. The topological polar surface area (TPSA) is 65.4 Å². The van der Waals surface area contributed by atoms with E-state index in [1.54, 1.807) is 35.7 Å². The van der Waals surface area contributed by atoms with E-state index < -0.39 is 0 Å². The zero-order valence-corrected chi connectivity index (χ0v) is 15.5. The Morgan fingerprint density at radius 2 is 2.04 bits per heavy atom. The SMILES string of the molecule is CC1C(NC(=O)c2ccc(Oc3cc(C#N)cs3)cc2)C2CCN1CC2. The number of fused-ring (bicyclic) bond motifs is 3. The van der Waals surface area contributed by atoms with Crippen molar-refractivity contribution in [2.24, 2.45) is 5.92 Å². The highest BCUT2D eigenvalue weighted by molar-refractivity contribution is 7.12. The molecule has 0 spiro atoms. The first-order valence-corrected chi connectivity index (χ1v) is 9.83. The Kier molecular flexibility index (Phi) is 4.66. The van der Waals surface area contributed by atoms with Gasteiger partial charge in [0.05, 0.1) is 5.56 Å². The first-order valence-electron chi connectivity index (χ1n) is 8.95. The summed E-state index contributed by atoms with van der Waals surface area (Å²) in [6.45, 7) is 4.52. The Hall–Kier alpha value is -2.36. The van der Waals surface area contributed by atoms with Gasteiger partial charge in [-0.3, -0.25) is 9.69 Å². The van der Waals surface area contributed by atoms with Crippen molar-refractivity contribution in [3.05, 3.63) is 46.8 Å². The molecule has 3 saturated heterocycles. The zero-order chi connectivity index (χ0) is 18.1. The Bertz CT molecular complexity index is 829. The predicted octanol–water partition coefficient (Wildman–Crippen LogP) is 3.62. The van der Waals surface area contributed by atoms with Crippen molar-refractivity contribution < 1.29 is 9.53 Å². The molecule has 1 aromatic carbocycles. The average Bonchev–Trinajstić information content (AvgIpc) is 3.13. The summed E-state index contributed by atoms with van der Waals surface area (Å²) in [6.07, 6.45) is 2.35. The normalized spacial score (nSPS) is 26.9. The molecule has 134 valence electrons. The number of nitrogens with zero attached hydrogens (tertiary/aromatic N) is 2. The number of ether oxygens (including phenoxy) is 1. The van der Waals surface area contributed by atoms with Crippen molar-refractivity contribution in [3.63, 3.8) is 0 Å². The maximum atomic E-state index is 12.6. The van der Waals surface area contributed by atoms with Crippen LogP contribution in [0.3, 0.4) is 0 Å². The fourth-order valence-corrected chi connectivity index (χ4v) is 4.70. The number of hydrogen-bond acceptors (Lipinski definition) is 5. The van der Waals surface area contributed by atoms with Crippen LogP contribution in [0.15, 0.2) is 35.7 Å². The fourth-order valence-electron chi connectivity index (χ4n) is 4.00. The van der Waals surface area contributed by atoms with Gasteiger partial charge in [-0.1, -0.05) is 0 Å². The van der Waals surface area contributed by atoms with E-state index in [1.165, 1.54) is 24.2 Å². The van der Waals surface area contributed by atoms with E-state index in [2.05, 4.69) is 23.2 Å². The fraction of sp³-hybridized carbons (Fsp3) is 0.400. The Morgan fingerprint density at radius 3 is 2.65 bits per heavy atom. The number of benzene rings is 1. The second-order valence-corrected chi connectivity index (χ2v) is 7.88. The molecule has 3 fully saturated rings. The summed E-state index contributed by atoms with van der Waals surface area (Å²) < 4.78 is 5.73. The number of nitrogens with one attached hydrogen (secondary N) is 1. The molecule has 5 rings (SSSR count). The number of carbonyl (C=O) groups is 1. The van der Waals surface area contributed by atoms with Crippen molar-refractivity contribution in [1.29, 1.82) is 5.26 Å². The van der Waals surface area contributed by atoms with Crippen LogP contribution < -0.4 is 10.1 Å². The van der Waals surface area contributed by atoms with Crippen LogP contribution in [0.25, 0.3) is 0 Å². The monoisotopic (exact) mass is 367 g/mol. The van der Waals surface area contributed by atoms with Gasteiger partial charge in [-0.15, -0.1) is 11.3 Å². The van der Waals surface area contributed by atoms with Crippen LogP contribution in [0.2, 0.25) is 0 Å². The van der Waals surface area contributed by atoms with Crippen LogP contribution in [0.1, 0.15) is 35.7 Å². The lowest BCUT2D eigenvalue weighted by Crippen LogP contribution is -2.62. The Labute approximate surface area is 157 Å². The number of carbonyl (C=O) groups excluding carboxylic acids is 1. The number of nitriles is 1. The lowest BCUT2D eigenvalue weighted by atomic mass is 9.79. The second-order valence-electron chi connectivity index (χ2n) is 7.01. The van der Waals surface area contributed by atoms with E-state index in [-0.39, 0.29) is 11.9 Å². The molecule has 5 nitrogen and oxygen atoms in total. The quantitative estimate of drug-likeness (QED) is 0.896. The number of rotatable bonds is 4. The van der Waals surface area contributed by atoms with Crippen molar-refractivity contribution in [3.8, 4) is 16.9 Å². The van der Waals surface area contributed by atoms with Gasteiger partial charge in [-0.05, 0) is 63.0 Å². The van der Waals surface area contributed by atoms with Gasteiger partial charge in [0.15, 0.2) is 5.06 Å². The maximum Gasteiger partial charge on any atom is 0.251 e. The van der Waals surface area contributed by atoms with E-state index in [9.17, 15) is 4.79 Å². The van der Waals surface area contributed by atoms with E-state index in [1.807, 2.05) is 0 Å². The number of piperidine rings is 3. The molecule has 0 saturated carbocycles. The molecule has 0 radical (unpaired) electrons. The molecule has 1 amide bonds. The summed E-state index contributed by atoms with van der Waals surface area (Å²) in [5, 5.41) is 14.5. The minimum absolute atomic E-state index is 0.0231. The van der Waals surface area contributed by atoms with Gasteiger partial charge in [0.1, 0.15) is 11.8 Å². The summed E-state index contributed by atoms with van der Waals surface area (Å²) in [5.41, 5.74) is 1.23. The third-order valence-corrected chi connectivity index (χ3v) is 6.32. The maximum absolute atomic E-state index is 12.6. The van der Waals surface area contributed by atoms with Crippen LogP contribution in [0, 0.1) is 17.2 Å². The Morgan fingerprint density at radius 1 is 1.31 bits per heavy atom. The summed E-state index contributed by atoms with van der Waals surface area (Å²) in [6, 6.07) is 11.6. The van der Waals surface area contributed by atoms with Gasteiger partial charge in [0.2, 0.25) is 0 Å². The van der Waals surface area contributed by atoms with Crippen LogP contribution in [0.4, 0.5) is 0 Å². The highest BCUT2D eigenvalue weighted by atomic mass is 32.1. The summed E-state index contributed by atoms with van der Waals surface area (Å²) in [7, 11) is 0. The van der Waals surface area contributed by atoms with Gasteiger partial charge in [-0.25, -0.2) is 0 Å². The van der Waals surface area contributed by atoms with E-state index >= 15 is 0 Å². The van der Waals surface area contributed by atoms with E-state index in [0.29, 0.717) is 33.9 Å². The Balaban J connectivity index is 1.40. The molecule has 6 heteroatoms. The van der Waals surface area contributed by atoms with Crippen molar-refractivity contribution in [2.75, 3.05) is 13.1 Å². The van der Waals surface area contributed by atoms with Gasteiger partial charge in [0.25, 0.3) is 5.91 Å². The molecular formula is C20H21N3O2S. The first kappa shape index (κ1) is 17.1. The molecule has 0 aliphatic carbocycles. The van der Waals surface area contributed by atoms with Crippen molar-refractivity contribution in [1.82, 2.24) is 10.2 Å². The molecule has 3 aliphatic heterocycles. The van der Waals surface area contributed by atoms with Crippen LogP contribution in [0.5, 0.6) is 10.8 Å². The molecule has 3 aliphatic rings. The molecule has 2 aromatic rings. The van der Waals surface area contributed by atoms with Gasteiger partial charge < -0.3 is 10.1 Å². The van der Waals surface area contributed by atoms with E-state index in [0.717, 1.165) is 13.1 Å².